The third-order valence-corrected chi connectivity index (χ3v) is 6.75. The molecule has 0 aliphatic rings. The number of phenols is 1. The van der Waals surface area contributed by atoms with Crippen molar-refractivity contribution in [2.75, 3.05) is 7.11 Å². The van der Waals surface area contributed by atoms with Gasteiger partial charge in [-0.3, -0.25) is 4.55 Å². The average molecular weight is 332 g/mol. The predicted molar refractivity (Wildman–Crippen MR) is 83.6 cm³/mol. The summed E-state index contributed by atoms with van der Waals surface area (Å²) >= 11 is 0. The zero-order valence-corrected chi connectivity index (χ0v) is 14.5. The summed E-state index contributed by atoms with van der Waals surface area (Å²) in [6.45, 7) is 7.41. The van der Waals surface area contributed by atoms with Crippen molar-refractivity contribution in [1.29, 1.82) is 0 Å². The van der Waals surface area contributed by atoms with Crippen LogP contribution in [0, 0.1) is 5.41 Å². The highest BCUT2D eigenvalue weighted by Gasteiger charge is 2.58. The first-order valence-corrected chi connectivity index (χ1v) is 8.21. The van der Waals surface area contributed by atoms with Crippen molar-refractivity contribution in [2.45, 2.75) is 45.0 Å². The van der Waals surface area contributed by atoms with Crippen molar-refractivity contribution in [3.63, 3.8) is 0 Å². The first-order valence-electron chi connectivity index (χ1n) is 6.77. The third-order valence-electron chi connectivity index (χ3n) is 4.97. The number of hydrogen-bond acceptors (Lipinski definition) is 5. The van der Waals surface area contributed by atoms with Crippen LogP contribution in [0.1, 0.15) is 40.2 Å². The van der Waals surface area contributed by atoms with E-state index in [1.54, 1.807) is 13.8 Å². The number of methoxy groups -OCH3 is 1. The van der Waals surface area contributed by atoms with Crippen LogP contribution in [0.3, 0.4) is 0 Å². The molecule has 0 heterocycles. The summed E-state index contributed by atoms with van der Waals surface area (Å²) in [4.78, 5) is 0. The van der Waals surface area contributed by atoms with Gasteiger partial charge in [-0.15, -0.1) is 0 Å². The van der Waals surface area contributed by atoms with Gasteiger partial charge in [-0.05, 0) is 38.5 Å². The average Bonchev–Trinajstić information content (AvgIpc) is 2.35. The molecule has 0 fully saturated rings. The molecule has 1 atom stereocenters. The van der Waals surface area contributed by atoms with Crippen LogP contribution in [0.5, 0.6) is 11.5 Å². The summed E-state index contributed by atoms with van der Waals surface area (Å²) in [5.41, 5.74) is -2.46. The molecule has 126 valence electrons. The predicted octanol–water partition coefficient (Wildman–Crippen LogP) is 2.30. The lowest BCUT2D eigenvalue weighted by Gasteiger charge is -2.49. The number of ether oxygens (including phenoxy) is 1. The van der Waals surface area contributed by atoms with Crippen LogP contribution in [0.4, 0.5) is 0 Å². The Balaban J connectivity index is 3.77. The highest BCUT2D eigenvalue weighted by molar-refractivity contribution is 7.86. The van der Waals surface area contributed by atoms with Gasteiger partial charge in [0.25, 0.3) is 10.1 Å². The Labute approximate surface area is 131 Å². The van der Waals surface area contributed by atoms with Crippen molar-refractivity contribution < 1.29 is 27.9 Å². The van der Waals surface area contributed by atoms with E-state index in [2.05, 4.69) is 0 Å². The molecule has 0 spiro atoms. The fraction of sp³-hybridized carbons (Fsp3) is 0.600. The number of phenolic OH excluding ortho intramolecular Hbond substituents is 1. The fourth-order valence-electron chi connectivity index (χ4n) is 2.39. The zero-order chi connectivity index (χ0) is 17.6. The van der Waals surface area contributed by atoms with E-state index in [1.807, 2.05) is 0 Å². The van der Waals surface area contributed by atoms with Crippen molar-refractivity contribution in [2.24, 2.45) is 5.41 Å². The normalized spacial score (nSPS) is 16.2. The van der Waals surface area contributed by atoms with Crippen LogP contribution in [-0.4, -0.2) is 35.9 Å². The van der Waals surface area contributed by atoms with E-state index in [1.165, 1.54) is 46.1 Å². The topological polar surface area (TPSA) is 104 Å². The van der Waals surface area contributed by atoms with Gasteiger partial charge in [-0.25, -0.2) is 0 Å². The van der Waals surface area contributed by atoms with Crippen LogP contribution in [-0.2, 0) is 14.9 Å². The summed E-state index contributed by atoms with van der Waals surface area (Å²) in [5.74, 6) is -0.0658. The van der Waals surface area contributed by atoms with Gasteiger partial charge >= 0.3 is 0 Å². The Kier molecular flexibility index (Phi) is 4.60. The highest BCUT2D eigenvalue weighted by atomic mass is 32.2. The molecule has 1 aromatic rings. The van der Waals surface area contributed by atoms with Crippen molar-refractivity contribution in [1.82, 2.24) is 0 Å². The van der Waals surface area contributed by atoms with Crippen molar-refractivity contribution >= 4 is 10.1 Å². The molecule has 0 aromatic heterocycles. The minimum absolute atomic E-state index is 0.0823. The van der Waals surface area contributed by atoms with E-state index < -0.39 is 25.9 Å². The fourth-order valence-corrected chi connectivity index (χ4v) is 3.71. The summed E-state index contributed by atoms with van der Waals surface area (Å²) in [6.07, 6.45) is 0. The van der Waals surface area contributed by atoms with E-state index in [0.717, 1.165) is 0 Å². The van der Waals surface area contributed by atoms with Gasteiger partial charge in [0.15, 0.2) is 11.5 Å². The van der Waals surface area contributed by atoms with E-state index in [9.17, 15) is 23.2 Å². The zero-order valence-electron chi connectivity index (χ0n) is 13.7. The molecule has 22 heavy (non-hydrogen) atoms. The second-order valence-corrected chi connectivity index (χ2v) is 8.35. The maximum Gasteiger partial charge on any atom is 0.275 e. The minimum atomic E-state index is -4.59. The van der Waals surface area contributed by atoms with Crippen molar-refractivity contribution in [3.05, 3.63) is 23.8 Å². The van der Waals surface area contributed by atoms with Crippen LogP contribution < -0.4 is 4.74 Å². The van der Waals surface area contributed by atoms with Crippen LogP contribution in [0.25, 0.3) is 0 Å². The number of hydrogen-bond donors (Lipinski definition) is 3. The number of benzene rings is 1. The second kappa shape index (κ2) is 5.40. The minimum Gasteiger partial charge on any atom is -0.504 e. The van der Waals surface area contributed by atoms with Crippen LogP contribution >= 0.6 is 0 Å². The largest absolute Gasteiger partial charge is 0.504 e. The number of aromatic hydroxyl groups is 1. The second-order valence-electron chi connectivity index (χ2n) is 6.58. The van der Waals surface area contributed by atoms with E-state index in [4.69, 9.17) is 4.74 Å². The molecule has 1 aromatic carbocycles. The molecule has 0 bridgehead atoms. The molecule has 7 heteroatoms. The molecule has 3 N–H and O–H groups in total. The van der Waals surface area contributed by atoms with Gasteiger partial charge in [0.1, 0.15) is 4.75 Å². The molecular formula is C15H24O6S. The molecule has 6 nitrogen and oxygen atoms in total. The lowest BCUT2D eigenvalue weighted by molar-refractivity contribution is -0.0592. The smallest absolute Gasteiger partial charge is 0.275 e. The van der Waals surface area contributed by atoms with Gasteiger partial charge in [0, 0.05) is 5.41 Å². The van der Waals surface area contributed by atoms with Crippen LogP contribution in [0.2, 0.25) is 0 Å². The Morgan fingerprint density at radius 3 is 1.95 bits per heavy atom. The van der Waals surface area contributed by atoms with E-state index >= 15 is 0 Å². The maximum absolute atomic E-state index is 12.2. The lowest BCUT2D eigenvalue weighted by atomic mass is 9.65. The summed E-state index contributed by atoms with van der Waals surface area (Å²) < 4.78 is 37.4. The summed E-state index contributed by atoms with van der Waals surface area (Å²) in [7, 11) is -3.26. The molecule has 0 saturated heterocycles. The monoisotopic (exact) mass is 332 g/mol. The lowest BCUT2D eigenvalue weighted by Crippen LogP contribution is -2.56. The van der Waals surface area contributed by atoms with Gasteiger partial charge in [0.05, 0.1) is 12.7 Å². The number of aliphatic hydroxyl groups is 1. The Morgan fingerprint density at radius 1 is 1.09 bits per heavy atom. The molecule has 0 radical (unpaired) electrons. The third kappa shape index (κ3) is 2.68. The standard InChI is InChI=1S/C15H24O6S/c1-13(2,14(3,4)17)15(5,22(18,19)20)10-7-8-11(16)12(9-10)21-6/h7-9,16-17H,1-6H3,(H,18,19,20). The Morgan fingerprint density at radius 2 is 1.59 bits per heavy atom. The van der Waals surface area contributed by atoms with Gasteiger partial charge < -0.3 is 14.9 Å². The summed E-state index contributed by atoms with van der Waals surface area (Å²) in [6, 6.07) is 4.02. The molecule has 0 aliphatic heterocycles. The molecule has 0 amide bonds. The Bertz CT molecular complexity index is 657. The van der Waals surface area contributed by atoms with Crippen LogP contribution in [0.15, 0.2) is 18.2 Å². The first kappa shape index (κ1) is 18.7. The van der Waals surface area contributed by atoms with E-state index in [0.29, 0.717) is 0 Å². The molecule has 0 saturated carbocycles. The Hall–Kier alpha value is -1.31. The first-order chi connectivity index (χ1) is 9.70. The molecule has 0 aliphatic carbocycles. The summed E-state index contributed by atoms with van der Waals surface area (Å²) in [5, 5.41) is 20.1. The van der Waals surface area contributed by atoms with Gasteiger partial charge in [-0.1, -0.05) is 19.9 Å². The maximum atomic E-state index is 12.2. The highest BCUT2D eigenvalue weighted by Crippen LogP contribution is 2.52. The molecular weight excluding hydrogens is 308 g/mol. The molecule has 1 rings (SSSR count). The number of rotatable bonds is 5. The molecule has 1 unspecified atom stereocenters. The quantitative estimate of drug-likeness (QED) is 0.715. The van der Waals surface area contributed by atoms with E-state index in [-0.39, 0.29) is 17.1 Å². The van der Waals surface area contributed by atoms with Gasteiger partial charge in [0.2, 0.25) is 0 Å². The van der Waals surface area contributed by atoms with Gasteiger partial charge in [-0.2, -0.15) is 8.42 Å². The SMILES string of the molecule is COc1cc(C(C)(C(C)(C)C(C)(C)O)S(=O)(=O)O)ccc1O. The van der Waals surface area contributed by atoms with Crippen molar-refractivity contribution in [3.8, 4) is 11.5 Å².